The Labute approximate surface area is 149 Å². The van der Waals surface area contributed by atoms with Crippen molar-refractivity contribution in [1.29, 1.82) is 0 Å². The smallest absolute Gasteiger partial charge is 0.151 e. The van der Waals surface area contributed by atoms with Gasteiger partial charge in [0.15, 0.2) is 5.82 Å². The molecule has 25 heavy (non-hydrogen) atoms. The second-order valence-corrected chi connectivity index (χ2v) is 7.35. The lowest BCUT2D eigenvalue weighted by atomic mass is 9.92. The summed E-state index contributed by atoms with van der Waals surface area (Å²) in [6, 6.07) is 10.7. The summed E-state index contributed by atoms with van der Waals surface area (Å²) in [6.45, 7) is 6.53. The predicted octanol–water partition coefficient (Wildman–Crippen LogP) is 2.99. The predicted molar refractivity (Wildman–Crippen MR) is 99.8 cm³/mol. The van der Waals surface area contributed by atoms with Crippen LogP contribution >= 0.6 is 0 Å². The topological polar surface area (TPSA) is 61.3 Å². The molecule has 5 heteroatoms. The summed E-state index contributed by atoms with van der Waals surface area (Å²) in [5.41, 5.74) is 2.63. The summed E-state index contributed by atoms with van der Waals surface area (Å²) in [5, 5.41) is 22.9. The van der Waals surface area contributed by atoms with Crippen LogP contribution in [0.1, 0.15) is 32.3 Å². The van der Waals surface area contributed by atoms with E-state index in [1.165, 1.54) is 12.8 Å². The van der Waals surface area contributed by atoms with E-state index >= 15 is 0 Å². The van der Waals surface area contributed by atoms with Crippen LogP contribution in [0, 0.1) is 5.92 Å². The number of aromatic hydroxyl groups is 1. The number of hydrogen-bond donors (Lipinski definition) is 2. The highest BCUT2D eigenvalue weighted by molar-refractivity contribution is 5.71. The number of fused-ring (bicyclic) bond motifs is 1. The summed E-state index contributed by atoms with van der Waals surface area (Å²) < 4.78 is 0. The van der Waals surface area contributed by atoms with Crippen molar-refractivity contribution in [2.45, 2.75) is 45.2 Å². The van der Waals surface area contributed by atoms with Gasteiger partial charge in [-0.1, -0.05) is 26.0 Å². The molecule has 1 unspecified atom stereocenters. The fourth-order valence-electron chi connectivity index (χ4n) is 4.30. The molecule has 132 valence electrons. The van der Waals surface area contributed by atoms with Crippen LogP contribution in [0.15, 0.2) is 30.3 Å². The number of aryl methyl sites for hydroxylation is 1. The fraction of sp³-hybridized carbons (Fsp3) is 0.500. The number of phenols is 1. The van der Waals surface area contributed by atoms with Crippen LogP contribution in [0.2, 0.25) is 0 Å². The van der Waals surface area contributed by atoms with E-state index in [1.807, 2.05) is 18.2 Å². The minimum Gasteiger partial charge on any atom is -0.507 e. The van der Waals surface area contributed by atoms with E-state index in [1.54, 1.807) is 6.07 Å². The van der Waals surface area contributed by atoms with Crippen molar-refractivity contribution in [3.05, 3.63) is 35.9 Å². The van der Waals surface area contributed by atoms with E-state index in [-0.39, 0.29) is 5.75 Å². The number of hydrogen-bond acceptors (Lipinski definition) is 5. The maximum Gasteiger partial charge on any atom is 0.151 e. The number of anilines is 1. The fourth-order valence-corrected chi connectivity index (χ4v) is 4.30. The van der Waals surface area contributed by atoms with E-state index < -0.39 is 0 Å². The molecule has 2 aliphatic heterocycles. The largest absolute Gasteiger partial charge is 0.507 e. The lowest BCUT2D eigenvalue weighted by Gasteiger charge is -2.35. The first kappa shape index (κ1) is 16.3. The number of aromatic nitrogens is 2. The Balaban J connectivity index is 1.61. The van der Waals surface area contributed by atoms with Gasteiger partial charge in [0.1, 0.15) is 5.75 Å². The average molecular weight is 338 g/mol. The molecule has 1 aromatic carbocycles. The van der Waals surface area contributed by atoms with Crippen molar-refractivity contribution in [3.8, 4) is 17.0 Å². The normalized spacial score (nSPS) is 25.8. The highest BCUT2D eigenvalue weighted by atomic mass is 16.3. The van der Waals surface area contributed by atoms with Crippen molar-refractivity contribution in [3.63, 3.8) is 0 Å². The van der Waals surface area contributed by atoms with Gasteiger partial charge in [0.25, 0.3) is 0 Å². The molecule has 5 nitrogen and oxygen atoms in total. The molecule has 0 bridgehead atoms. The zero-order valence-electron chi connectivity index (χ0n) is 14.9. The number of rotatable bonds is 3. The van der Waals surface area contributed by atoms with Gasteiger partial charge in [0.2, 0.25) is 0 Å². The highest BCUT2D eigenvalue weighted by Crippen LogP contribution is 2.34. The number of phenolic OH excluding ortho intramolecular Hbond substituents is 1. The Morgan fingerprint density at radius 1 is 1.24 bits per heavy atom. The standard InChI is InChI=1S/C20H26N4O/c1-3-14-5-4-6-18(25)20(14)16-7-8-19(23-22-16)24-10-9-15-17(24)11-13(2)12-21-15/h4-8,13,15,17,21,25H,3,9-12H2,1-2H3/t13?,15-,17+/m1/s1. The molecule has 2 aromatic rings. The maximum absolute atomic E-state index is 10.3. The first-order chi connectivity index (χ1) is 12.2. The van der Waals surface area contributed by atoms with Crippen molar-refractivity contribution in [2.24, 2.45) is 5.92 Å². The van der Waals surface area contributed by atoms with Gasteiger partial charge < -0.3 is 15.3 Å². The summed E-state index contributed by atoms with van der Waals surface area (Å²) in [4.78, 5) is 2.40. The Kier molecular flexibility index (Phi) is 4.34. The minimum atomic E-state index is 0.271. The monoisotopic (exact) mass is 338 g/mol. The third-order valence-electron chi connectivity index (χ3n) is 5.63. The van der Waals surface area contributed by atoms with Gasteiger partial charge >= 0.3 is 0 Å². The summed E-state index contributed by atoms with van der Waals surface area (Å²) in [6.07, 6.45) is 3.23. The second-order valence-electron chi connectivity index (χ2n) is 7.35. The van der Waals surface area contributed by atoms with Crippen LogP contribution in [-0.2, 0) is 6.42 Å². The van der Waals surface area contributed by atoms with Crippen LogP contribution in [-0.4, -0.2) is 40.5 Å². The number of benzene rings is 1. The molecule has 2 saturated heterocycles. The molecule has 1 aromatic heterocycles. The second kappa shape index (κ2) is 6.64. The maximum atomic E-state index is 10.3. The van der Waals surface area contributed by atoms with Gasteiger partial charge in [-0.3, -0.25) is 0 Å². The third kappa shape index (κ3) is 2.97. The van der Waals surface area contributed by atoms with Crippen LogP contribution in [0.4, 0.5) is 5.82 Å². The lowest BCUT2D eigenvalue weighted by Crippen LogP contribution is -2.50. The molecule has 4 rings (SSSR count). The molecule has 0 amide bonds. The van der Waals surface area contributed by atoms with Gasteiger partial charge in [0.05, 0.1) is 5.69 Å². The number of piperidine rings is 1. The minimum absolute atomic E-state index is 0.271. The van der Waals surface area contributed by atoms with Gasteiger partial charge in [-0.05, 0) is 55.5 Å². The molecule has 0 aliphatic carbocycles. The molecular weight excluding hydrogens is 312 g/mol. The summed E-state index contributed by atoms with van der Waals surface area (Å²) in [7, 11) is 0. The van der Waals surface area contributed by atoms with Crippen molar-refractivity contribution >= 4 is 5.82 Å². The Bertz CT molecular complexity index is 746. The number of nitrogens with one attached hydrogen (secondary N) is 1. The zero-order valence-corrected chi connectivity index (χ0v) is 14.9. The van der Waals surface area contributed by atoms with Crippen LogP contribution in [0.25, 0.3) is 11.3 Å². The van der Waals surface area contributed by atoms with Crippen LogP contribution in [0.5, 0.6) is 5.75 Å². The zero-order chi connectivity index (χ0) is 17.4. The lowest BCUT2D eigenvalue weighted by molar-refractivity contribution is 0.310. The Morgan fingerprint density at radius 3 is 2.88 bits per heavy atom. The van der Waals surface area contributed by atoms with E-state index in [4.69, 9.17) is 0 Å². The molecular formula is C20H26N4O. The summed E-state index contributed by atoms with van der Waals surface area (Å²) >= 11 is 0. The van der Waals surface area contributed by atoms with Crippen molar-refractivity contribution in [1.82, 2.24) is 15.5 Å². The van der Waals surface area contributed by atoms with Gasteiger partial charge in [-0.15, -0.1) is 10.2 Å². The van der Waals surface area contributed by atoms with E-state index in [9.17, 15) is 5.11 Å². The molecule has 3 heterocycles. The van der Waals surface area contributed by atoms with Crippen LogP contribution < -0.4 is 10.2 Å². The molecule has 2 N–H and O–H groups in total. The first-order valence-corrected chi connectivity index (χ1v) is 9.32. The first-order valence-electron chi connectivity index (χ1n) is 9.32. The molecule has 2 aliphatic rings. The molecule has 3 atom stereocenters. The van der Waals surface area contributed by atoms with Gasteiger partial charge in [-0.2, -0.15) is 0 Å². The Morgan fingerprint density at radius 2 is 2.12 bits per heavy atom. The number of nitrogens with zero attached hydrogens (tertiary/aromatic N) is 3. The van der Waals surface area contributed by atoms with Crippen molar-refractivity contribution < 1.29 is 5.11 Å². The average Bonchev–Trinajstić information content (AvgIpc) is 3.04. The van der Waals surface area contributed by atoms with Gasteiger partial charge in [-0.25, -0.2) is 0 Å². The third-order valence-corrected chi connectivity index (χ3v) is 5.63. The molecule has 2 fully saturated rings. The Hall–Kier alpha value is -2.14. The summed E-state index contributed by atoms with van der Waals surface area (Å²) in [5.74, 6) is 1.91. The highest BCUT2D eigenvalue weighted by Gasteiger charge is 2.38. The van der Waals surface area contributed by atoms with Crippen LogP contribution in [0.3, 0.4) is 0 Å². The molecule has 0 saturated carbocycles. The molecule has 0 spiro atoms. The van der Waals surface area contributed by atoms with Gasteiger partial charge in [0, 0.05) is 24.2 Å². The van der Waals surface area contributed by atoms with Crippen molar-refractivity contribution in [2.75, 3.05) is 18.0 Å². The SMILES string of the molecule is CCc1cccc(O)c1-c1ccc(N2CC[C@H]3NCC(C)C[C@@H]32)nn1. The quantitative estimate of drug-likeness (QED) is 0.901. The molecule has 0 radical (unpaired) electrons. The van der Waals surface area contributed by atoms with E-state index in [0.29, 0.717) is 18.0 Å². The van der Waals surface area contributed by atoms with E-state index in [2.05, 4.69) is 40.3 Å². The van der Waals surface area contributed by atoms with E-state index in [0.717, 1.165) is 42.1 Å².